The Bertz CT molecular complexity index is 1170. The molecular formula is C20H20N8O. The molecule has 0 amide bonds. The zero-order valence-electron chi connectivity index (χ0n) is 15.7. The van der Waals surface area contributed by atoms with Gasteiger partial charge in [0.2, 0.25) is 5.95 Å². The van der Waals surface area contributed by atoms with E-state index >= 15 is 0 Å². The molecule has 0 spiro atoms. The summed E-state index contributed by atoms with van der Waals surface area (Å²) < 4.78 is 7.25. The van der Waals surface area contributed by atoms with Crippen LogP contribution in [0.4, 0.5) is 17.5 Å². The number of nitrogen functional groups attached to an aromatic ring is 2. The Morgan fingerprint density at radius 3 is 2.62 bits per heavy atom. The summed E-state index contributed by atoms with van der Waals surface area (Å²) in [6, 6.07) is 11.3. The first-order valence-electron chi connectivity index (χ1n) is 9.35. The first kappa shape index (κ1) is 17.4. The van der Waals surface area contributed by atoms with Gasteiger partial charge in [-0.2, -0.15) is 10.1 Å². The average molecular weight is 388 g/mol. The SMILES string of the molecule is Nc1ccc(-c2cc(-n3ncc4c(N)cccc43)nc(N3CCOCC3)n2)cn1. The van der Waals surface area contributed by atoms with Crippen LogP contribution in [0.1, 0.15) is 0 Å². The minimum Gasteiger partial charge on any atom is -0.398 e. The van der Waals surface area contributed by atoms with Crippen molar-refractivity contribution in [2.24, 2.45) is 0 Å². The quantitative estimate of drug-likeness (QED) is 0.510. The zero-order chi connectivity index (χ0) is 19.8. The van der Waals surface area contributed by atoms with Gasteiger partial charge in [-0.3, -0.25) is 0 Å². The normalized spacial score (nSPS) is 14.4. The highest BCUT2D eigenvalue weighted by atomic mass is 16.5. The van der Waals surface area contributed by atoms with Crippen LogP contribution in [0.5, 0.6) is 0 Å². The predicted octanol–water partition coefficient (Wildman–Crippen LogP) is 1.88. The topological polar surface area (TPSA) is 121 Å². The lowest BCUT2D eigenvalue weighted by atomic mass is 10.2. The van der Waals surface area contributed by atoms with E-state index in [2.05, 4.69) is 15.0 Å². The van der Waals surface area contributed by atoms with Gasteiger partial charge in [-0.05, 0) is 24.3 Å². The maximum absolute atomic E-state index is 6.10. The lowest BCUT2D eigenvalue weighted by molar-refractivity contribution is 0.122. The fourth-order valence-corrected chi connectivity index (χ4v) is 3.40. The summed E-state index contributed by atoms with van der Waals surface area (Å²) in [5.41, 5.74) is 15.0. The smallest absolute Gasteiger partial charge is 0.228 e. The number of ether oxygens (including phenoxy) is 1. The molecule has 1 aliphatic heterocycles. The molecule has 0 saturated carbocycles. The number of pyridine rings is 1. The molecule has 0 unspecified atom stereocenters. The lowest BCUT2D eigenvalue weighted by Gasteiger charge is -2.27. The Morgan fingerprint density at radius 1 is 0.966 bits per heavy atom. The Kier molecular flexibility index (Phi) is 4.21. The molecule has 0 radical (unpaired) electrons. The van der Waals surface area contributed by atoms with Gasteiger partial charge in [0.1, 0.15) is 5.82 Å². The van der Waals surface area contributed by atoms with E-state index in [9.17, 15) is 0 Å². The van der Waals surface area contributed by atoms with E-state index in [1.54, 1.807) is 23.1 Å². The van der Waals surface area contributed by atoms with Crippen LogP contribution in [0.2, 0.25) is 0 Å². The van der Waals surface area contributed by atoms with Gasteiger partial charge in [-0.1, -0.05) is 6.07 Å². The van der Waals surface area contributed by atoms with Crippen LogP contribution >= 0.6 is 0 Å². The number of morpholine rings is 1. The molecule has 29 heavy (non-hydrogen) atoms. The van der Waals surface area contributed by atoms with Crippen LogP contribution in [0.15, 0.2) is 48.8 Å². The van der Waals surface area contributed by atoms with Gasteiger partial charge in [-0.25, -0.2) is 14.6 Å². The van der Waals surface area contributed by atoms with Crippen LogP contribution in [-0.2, 0) is 4.74 Å². The third-order valence-corrected chi connectivity index (χ3v) is 4.94. The largest absolute Gasteiger partial charge is 0.398 e. The van der Waals surface area contributed by atoms with E-state index in [0.717, 1.165) is 35.2 Å². The number of hydrogen-bond acceptors (Lipinski definition) is 8. The number of rotatable bonds is 3. The summed E-state index contributed by atoms with van der Waals surface area (Å²) in [4.78, 5) is 15.9. The molecule has 0 aliphatic carbocycles. The van der Waals surface area contributed by atoms with Crippen molar-refractivity contribution in [3.05, 3.63) is 48.8 Å². The lowest BCUT2D eigenvalue weighted by Crippen LogP contribution is -2.37. The Labute approximate surface area is 167 Å². The number of anilines is 3. The standard InChI is InChI=1S/C20H20N8O/c21-15-2-1-3-17-14(15)12-24-28(17)19-10-16(13-4-5-18(22)23-11-13)25-20(26-19)27-6-8-29-9-7-27/h1-5,10-12H,6-9,21H2,(H2,22,23). The Morgan fingerprint density at radius 2 is 1.83 bits per heavy atom. The summed E-state index contributed by atoms with van der Waals surface area (Å²) in [6.45, 7) is 2.76. The van der Waals surface area contributed by atoms with Crippen LogP contribution in [0.3, 0.4) is 0 Å². The highest BCUT2D eigenvalue weighted by molar-refractivity contribution is 5.91. The second-order valence-corrected chi connectivity index (χ2v) is 6.82. The number of fused-ring (bicyclic) bond motifs is 1. The second kappa shape index (κ2) is 7.02. The van der Waals surface area contributed by atoms with E-state index in [0.29, 0.717) is 36.5 Å². The van der Waals surface area contributed by atoms with Gasteiger partial charge >= 0.3 is 0 Å². The van der Waals surface area contributed by atoms with Crippen LogP contribution < -0.4 is 16.4 Å². The van der Waals surface area contributed by atoms with Gasteiger partial charge in [0.25, 0.3) is 0 Å². The summed E-state index contributed by atoms with van der Waals surface area (Å²) in [5.74, 6) is 1.75. The fraction of sp³-hybridized carbons (Fsp3) is 0.200. The van der Waals surface area contributed by atoms with Gasteiger partial charge in [0, 0.05) is 42.0 Å². The van der Waals surface area contributed by atoms with E-state index in [1.165, 1.54) is 0 Å². The molecule has 0 bridgehead atoms. The molecule has 5 rings (SSSR count). The van der Waals surface area contributed by atoms with Gasteiger partial charge in [-0.15, -0.1) is 0 Å². The molecule has 4 aromatic rings. The average Bonchev–Trinajstić information content (AvgIpc) is 3.20. The molecule has 9 heteroatoms. The Balaban J connectivity index is 1.68. The zero-order valence-corrected chi connectivity index (χ0v) is 15.7. The third-order valence-electron chi connectivity index (χ3n) is 4.94. The van der Waals surface area contributed by atoms with Crippen molar-refractivity contribution >= 4 is 28.4 Å². The minimum absolute atomic E-state index is 0.463. The molecule has 9 nitrogen and oxygen atoms in total. The predicted molar refractivity (Wildman–Crippen MR) is 112 cm³/mol. The van der Waals surface area contributed by atoms with Crippen LogP contribution in [0, 0.1) is 0 Å². The van der Waals surface area contributed by atoms with Crippen molar-refractivity contribution in [3.63, 3.8) is 0 Å². The number of benzene rings is 1. The Hall–Kier alpha value is -3.72. The molecule has 1 fully saturated rings. The van der Waals surface area contributed by atoms with Crippen molar-refractivity contribution < 1.29 is 4.74 Å². The fourth-order valence-electron chi connectivity index (χ4n) is 3.40. The number of aromatic nitrogens is 5. The molecule has 1 saturated heterocycles. The van der Waals surface area contributed by atoms with E-state index < -0.39 is 0 Å². The van der Waals surface area contributed by atoms with Gasteiger partial charge < -0.3 is 21.1 Å². The highest BCUT2D eigenvalue weighted by Gasteiger charge is 2.18. The van der Waals surface area contributed by atoms with Crippen LogP contribution in [0.25, 0.3) is 28.0 Å². The molecule has 1 aliphatic rings. The summed E-state index contributed by atoms with van der Waals surface area (Å²) in [6.07, 6.45) is 3.47. The van der Waals surface area contributed by atoms with Crippen molar-refractivity contribution in [1.82, 2.24) is 24.7 Å². The molecule has 146 valence electrons. The molecule has 4 heterocycles. The molecule has 4 N–H and O–H groups in total. The highest BCUT2D eigenvalue weighted by Crippen LogP contribution is 2.26. The van der Waals surface area contributed by atoms with E-state index in [-0.39, 0.29) is 0 Å². The summed E-state index contributed by atoms with van der Waals surface area (Å²) in [7, 11) is 0. The van der Waals surface area contributed by atoms with Crippen molar-refractivity contribution in [3.8, 4) is 17.1 Å². The summed E-state index contributed by atoms with van der Waals surface area (Å²) in [5, 5.41) is 5.41. The molecule has 0 atom stereocenters. The van der Waals surface area contributed by atoms with E-state index in [1.807, 2.05) is 30.3 Å². The maximum atomic E-state index is 6.10. The second-order valence-electron chi connectivity index (χ2n) is 6.82. The monoisotopic (exact) mass is 388 g/mol. The number of nitrogens with zero attached hydrogens (tertiary/aromatic N) is 6. The molecular weight excluding hydrogens is 368 g/mol. The van der Waals surface area contributed by atoms with Crippen molar-refractivity contribution in [2.75, 3.05) is 42.7 Å². The third kappa shape index (κ3) is 3.21. The van der Waals surface area contributed by atoms with Gasteiger partial charge in [0.05, 0.1) is 30.6 Å². The van der Waals surface area contributed by atoms with Crippen molar-refractivity contribution in [1.29, 1.82) is 0 Å². The summed E-state index contributed by atoms with van der Waals surface area (Å²) >= 11 is 0. The first-order chi connectivity index (χ1) is 14.2. The molecule has 3 aromatic heterocycles. The molecule has 1 aromatic carbocycles. The first-order valence-corrected chi connectivity index (χ1v) is 9.35. The number of nitrogens with two attached hydrogens (primary N) is 2. The minimum atomic E-state index is 0.463. The number of hydrogen-bond donors (Lipinski definition) is 2. The van der Waals surface area contributed by atoms with E-state index in [4.69, 9.17) is 26.2 Å². The maximum Gasteiger partial charge on any atom is 0.228 e. The van der Waals surface area contributed by atoms with Crippen LogP contribution in [-0.4, -0.2) is 51.0 Å². The van der Waals surface area contributed by atoms with Crippen molar-refractivity contribution in [2.45, 2.75) is 0 Å². The van der Waals surface area contributed by atoms with Gasteiger partial charge in [0.15, 0.2) is 5.82 Å².